The third kappa shape index (κ3) is 6.58. The quantitative estimate of drug-likeness (QED) is 0.439. The lowest BCUT2D eigenvalue weighted by molar-refractivity contribution is -0.111. The summed E-state index contributed by atoms with van der Waals surface area (Å²) in [5.41, 5.74) is 2.09. The molecule has 0 atom stereocenters. The minimum atomic E-state index is -0.109. The van der Waals surface area contributed by atoms with E-state index in [1.54, 1.807) is 0 Å². The smallest absolute Gasteiger partial charge is 0.176 e. The minimum Gasteiger partial charge on any atom is -0.349 e. The Balaban J connectivity index is 3.54. The van der Waals surface area contributed by atoms with E-state index in [1.165, 1.54) is 0 Å². The van der Waals surface area contributed by atoms with Gasteiger partial charge in [0.15, 0.2) is 6.29 Å². The molecule has 0 amide bonds. The summed E-state index contributed by atoms with van der Waals surface area (Å²) in [4.78, 5) is 0. The predicted octanol–water partition coefficient (Wildman–Crippen LogP) is 1.04. The van der Waals surface area contributed by atoms with Gasteiger partial charge in [-0.25, -0.2) is 0 Å². The maximum atomic E-state index is 5.45. The van der Waals surface area contributed by atoms with Gasteiger partial charge in [0.25, 0.3) is 0 Å². The van der Waals surface area contributed by atoms with Crippen molar-refractivity contribution in [1.29, 1.82) is 0 Å². The van der Waals surface area contributed by atoms with Crippen molar-refractivity contribution in [2.24, 2.45) is 0 Å². The molecule has 2 nitrogen and oxygen atoms in total. The van der Waals surface area contributed by atoms with E-state index in [0.29, 0.717) is 0 Å². The van der Waals surface area contributed by atoms with Crippen LogP contribution < -0.4 is 0 Å². The molecule has 0 fully saturated rings. The first-order chi connectivity index (χ1) is 5.85. The largest absolute Gasteiger partial charge is 0.349 e. The molecule has 12 heavy (non-hydrogen) atoms. The van der Waals surface area contributed by atoms with Crippen LogP contribution in [0.25, 0.3) is 0 Å². The summed E-state index contributed by atoms with van der Waals surface area (Å²) >= 11 is 0. The number of ether oxygens (including phenoxy) is 2. The van der Waals surface area contributed by atoms with Crippen molar-refractivity contribution in [3.8, 4) is 0 Å². The topological polar surface area (TPSA) is 18.5 Å². The Hall–Kier alpha value is -0.123. The average molecular weight is 188 g/mol. The van der Waals surface area contributed by atoms with Gasteiger partial charge in [0.05, 0.1) is 0 Å². The summed E-state index contributed by atoms with van der Waals surface area (Å²) in [5.74, 6) is 0. The second kappa shape index (κ2) is 8.97. The van der Waals surface area contributed by atoms with Gasteiger partial charge in [-0.05, 0) is 18.9 Å². The molecule has 0 rings (SSSR count). The molecule has 0 aliphatic heterocycles. The summed E-state index contributed by atoms with van der Waals surface area (Å²) in [7, 11) is 1.06. The summed E-state index contributed by atoms with van der Waals surface area (Å²) < 4.78 is 10.9. The Morgan fingerprint density at radius 2 is 1.67 bits per heavy atom. The first-order valence-corrected chi connectivity index (χ1v) is 5.86. The number of rotatable bonds is 7. The first-order valence-electron chi connectivity index (χ1n) is 4.71. The third-order valence-corrected chi connectivity index (χ3v) is 1.71. The molecule has 0 bridgehead atoms. The molecular formula is C9H20O2Si. The van der Waals surface area contributed by atoms with E-state index in [-0.39, 0.29) is 6.29 Å². The summed E-state index contributed by atoms with van der Waals surface area (Å²) in [6.07, 6.45) is 3.97. The Bertz CT molecular complexity index is 107. The van der Waals surface area contributed by atoms with Crippen LogP contribution in [0.15, 0.2) is 11.8 Å². The highest BCUT2D eigenvalue weighted by Gasteiger charge is 2.01. The molecule has 0 saturated carbocycles. The lowest BCUT2D eigenvalue weighted by Crippen LogP contribution is -2.15. The third-order valence-electron chi connectivity index (χ3n) is 1.32. The van der Waals surface area contributed by atoms with Crippen molar-refractivity contribution in [1.82, 2.24) is 0 Å². The fourth-order valence-electron chi connectivity index (χ4n) is 0.784. The maximum Gasteiger partial charge on any atom is 0.176 e. The van der Waals surface area contributed by atoms with Gasteiger partial charge in [-0.3, -0.25) is 0 Å². The molecule has 0 aromatic carbocycles. The van der Waals surface area contributed by atoms with Gasteiger partial charge >= 0.3 is 0 Å². The van der Waals surface area contributed by atoms with E-state index in [4.69, 9.17) is 9.47 Å². The van der Waals surface area contributed by atoms with E-state index in [2.05, 4.69) is 19.5 Å². The highest BCUT2D eigenvalue weighted by molar-refractivity contribution is 6.16. The predicted molar refractivity (Wildman–Crippen MR) is 55.4 cm³/mol. The molecule has 0 aromatic heterocycles. The van der Waals surface area contributed by atoms with Crippen LogP contribution in [0.4, 0.5) is 0 Å². The second-order valence-corrected chi connectivity index (χ2v) is 3.30. The summed E-state index contributed by atoms with van der Waals surface area (Å²) in [6, 6.07) is 0. The minimum absolute atomic E-state index is 0.109. The van der Waals surface area contributed by atoms with Crippen molar-refractivity contribution in [3.63, 3.8) is 0 Å². The zero-order valence-electron chi connectivity index (χ0n) is 8.38. The van der Waals surface area contributed by atoms with Gasteiger partial charge in [-0.15, -0.1) is 5.70 Å². The van der Waals surface area contributed by atoms with Gasteiger partial charge in [-0.2, -0.15) is 0 Å². The van der Waals surface area contributed by atoms with E-state index < -0.39 is 0 Å². The Kier molecular flexibility index (Phi) is 8.88. The molecule has 0 N–H and O–H groups in total. The normalized spacial score (nSPS) is 11.9. The van der Waals surface area contributed by atoms with E-state index in [0.717, 1.165) is 36.3 Å². The van der Waals surface area contributed by atoms with Crippen molar-refractivity contribution in [3.05, 3.63) is 11.8 Å². The maximum absolute atomic E-state index is 5.45. The van der Waals surface area contributed by atoms with Crippen LogP contribution in [0.3, 0.4) is 0 Å². The van der Waals surface area contributed by atoms with Crippen LogP contribution in [-0.4, -0.2) is 29.7 Å². The summed E-state index contributed by atoms with van der Waals surface area (Å²) in [5, 5.41) is 0. The highest BCUT2D eigenvalue weighted by atomic mass is 28.1. The average Bonchev–Trinajstić information content (AvgIpc) is 2.10. The van der Waals surface area contributed by atoms with Crippen molar-refractivity contribution >= 4 is 10.2 Å². The molecule has 72 valence electrons. The SMILES string of the molecule is CCCOC(C=C[SiH3])OCCC. The Morgan fingerprint density at radius 1 is 1.17 bits per heavy atom. The van der Waals surface area contributed by atoms with Crippen LogP contribution in [0.5, 0.6) is 0 Å². The number of hydrogen-bond donors (Lipinski definition) is 0. The Morgan fingerprint density at radius 3 is 2.00 bits per heavy atom. The lowest BCUT2D eigenvalue weighted by Gasteiger charge is -2.13. The van der Waals surface area contributed by atoms with Crippen LogP contribution >= 0.6 is 0 Å². The molecule has 0 saturated heterocycles. The van der Waals surface area contributed by atoms with Crippen molar-refractivity contribution in [2.45, 2.75) is 33.0 Å². The van der Waals surface area contributed by atoms with Gasteiger partial charge in [-0.1, -0.05) is 13.8 Å². The lowest BCUT2D eigenvalue weighted by atomic mass is 10.5. The van der Waals surface area contributed by atoms with E-state index in [1.807, 2.05) is 6.08 Å². The van der Waals surface area contributed by atoms with Gasteiger partial charge in [0, 0.05) is 23.5 Å². The van der Waals surface area contributed by atoms with Crippen LogP contribution in [0, 0.1) is 0 Å². The zero-order valence-corrected chi connectivity index (χ0v) is 10.4. The molecule has 0 radical (unpaired) electrons. The fourth-order valence-corrected chi connectivity index (χ4v) is 1.10. The fraction of sp³-hybridized carbons (Fsp3) is 0.778. The van der Waals surface area contributed by atoms with E-state index >= 15 is 0 Å². The second-order valence-electron chi connectivity index (χ2n) is 2.64. The molecule has 0 aliphatic rings. The zero-order chi connectivity index (χ0) is 9.23. The van der Waals surface area contributed by atoms with Gasteiger partial charge < -0.3 is 9.47 Å². The highest BCUT2D eigenvalue weighted by Crippen LogP contribution is 1.98. The molecule has 0 aromatic rings. The van der Waals surface area contributed by atoms with Crippen molar-refractivity contribution in [2.75, 3.05) is 13.2 Å². The Labute approximate surface area is 78.4 Å². The van der Waals surface area contributed by atoms with Crippen LogP contribution in [0.1, 0.15) is 26.7 Å². The summed E-state index contributed by atoms with van der Waals surface area (Å²) in [6.45, 7) is 5.75. The first kappa shape index (κ1) is 11.9. The molecule has 3 heteroatoms. The van der Waals surface area contributed by atoms with E-state index in [9.17, 15) is 0 Å². The van der Waals surface area contributed by atoms with Crippen LogP contribution in [0.2, 0.25) is 0 Å². The molecule has 0 unspecified atom stereocenters. The molecule has 0 spiro atoms. The number of hydrogen-bond acceptors (Lipinski definition) is 2. The van der Waals surface area contributed by atoms with Gasteiger partial charge in [0.2, 0.25) is 0 Å². The van der Waals surface area contributed by atoms with Gasteiger partial charge in [0.1, 0.15) is 0 Å². The standard InChI is InChI=1S/C9H20O2Si/c1-3-6-10-9(5-8-12)11-7-4-2/h5,8-9H,3-4,6-7H2,1-2,12H3. The molecule has 0 aliphatic carbocycles. The van der Waals surface area contributed by atoms with Crippen molar-refractivity contribution < 1.29 is 9.47 Å². The monoisotopic (exact) mass is 188 g/mol. The molecular weight excluding hydrogens is 168 g/mol. The molecule has 0 heterocycles. The van der Waals surface area contributed by atoms with Crippen LogP contribution in [-0.2, 0) is 9.47 Å².